The molecule has 0 atom stereocenters. The summed E-state index contributed by atoms with van der Waals surface area (Å²) in [7, 11) is 4.34. The summed E-state index contributed by atoms with van der Waals surface area (Å²) in [6, 6.07) is 49.1. The Labute approximate surface area is 709 Å². The summed E-state index contributed by atoms with van der Waals surface area (Å²) in [6.07, 6.45) is 7.06. The Kier molecular flexibility index (Phi) is 25.5. The maximum Gasteiger partial charge on any atom is 0.410 e. The van der Waals surface area contributed by atoms with Crippen LogP contribution < -0.4 is 34.2 Å². The highest BCUT2D eigenvalue weighted by Gasteiger charge is 2.34. The first kappa shape index (κ1) is 83.0. The Hall–Kier alpha value is -12.7. The van der Waals surface area contributed by atoms with Crippen LogP contribution in [0.3, 0.4) is 0 Å². The molecule has 6 saturated heterocycles. The number of carbonyl (C=O) groups excluding carboxylic acids is 2. The van der Waals surface area contributed by atoms with Crippen molar-refractivity contribution in [3.8, 4) is 69.2 Å². The molecule has 0 unspecified atom stereocenters. The number of aromatic nitrogens is 6. The molecule has 27 nitrogen and oxygen atoms in total. The third-order valence-corrected chi connectivity index (χ3v) is 23.5. The van der Waals surface area contributed by atoms with Gasteiger partial charge in [0.2, 0.25) is 0 Å². The van der Waals surface area contributed by atoms with Gasteiger partial charge in [-0.3, -0.25) is 4.79 Å². The van der Waals surface area contributed by atoms with Crippen molar-refractivity contribution in [3.05, 3.63) is 197 Å². The van der Waals surface area contributed by atoms with E-state index in [2.05, 4.69) is 165 Å². The van der Waals surface area contributed by atoms with Gasteiger partial charge >= 0.3 is 12.5 Å². The van der Waals surface area contributed by atoms with Crippen LogP contribution in [0.25, 0.3) is 33.8 Å². The van der Waals surface area contributed by atoms with Gasteiger partial charge in [0.25, 0.3) is 5.91 Å². The van der Waals surface area contributed by atoms with E-state index in [1.54, 1.807) is 29.7 Å². The zero-order valence-electron chi connectivity index (χ0n) is 69.4. The number of halogens is 2. The Morgan fingerprint density at radius 3 is 1.10 bits per heavy atom. The number of carbonyl (C=O) groups is 2. The predicted octanol–water partition coefficient (Wildman–Crippen LogP) is 13.0. The van der Waals surface area contributed by atoms with Crippen LogP contribution in [0.2, 0.25) is 0 Å². The van der Waals surface area contributed by atoms with Gasteiger partial charge < -0.3 is 63.3 Å². The van der Waals surface area contributed by atoms with Gasteiger partial charge in [0.05, 0.1) is 81.2 Å². The number of nitrogens with zero attached hydrogens (tertiary/aromatic N) is 19. The van der Waals surface area contributed by atoms with E-state index in [-0.39, 0.29) is 37.5 Å². The molecular formula is C93H98F2N20O7. The number of rotatable bonds is 16. The lowest BCUT2D eigenvalue weighted by Gasteiger charge is -2.34. The monoisotopic (exact) mass is 1640 g/mol. The number of likely N-dealkylation sites (N-methyl/N-ethyl adjacent to an activating group) is 2. The lowest BCUT2D eigenvalue weighted by atomic mass is 10.0. The number of ether oxygens (including phenoxy) is 5. The molecule has 29 heteroatoms. The van der Waals surface area contributed by atoms with E-state index in [9.17, 15) is 34.2 Å². The van der Waals surface area contributed by atoms with Gasteiger partial charge in [-0.15, -0.1) is 0 Å². The molecule has 626 valence electrons. The van der Waals surface area contributed by atoms with E-state index < -0.39 is 17.9 Å². The molecule has 18 rings (SSSR count). The minimum Gasteiger partial charge on any atom is -0.489 e. The summed E-state index contributed by atoms with van der Waals surface area (Å²) in [4.78, 5) is 80.7. The van der Waals surface area contributed by atoms with E-state index in [1.807, 2.05) is 63.2 Å². The Morgan fingerprint density at radius 1 is 0.434 bits per heavy atom. The van der Waals surface area contributed by atoms with Crippen molar-refractivity contribution < 1.29 is 42.1 Å². The van der Waals surface area contributed by atoms with Gasteiger partial charge in [0.15, 0.2) is 0 Å². The molecule has 122 heavy (non-hydrogen) atoms. The minimum absolute atomic E-state index is 0.0928. The lowest BCUT2D eigenvalue weighted by molar-refractivity contribution is -0.144. The molecule has 6 aromatic carbocycles. The van der Waals surface area contributed by atoms with E-state index in [1.165, 1.54) is 17.7 Å². The minimum atomic E-state index is -3.00. The molecule has 0 spiro atoms. The van der Waals surface area contributed by atoms with Gasteiger partial charge in [-0.05, 0) is 168 Å². The fourth-order valence-corrected chi connectivity index (χ4v) is 16.5. The highest BCUT2D eigenvalue weighted by atomic mass is 19.3. The maximum atomic E-state index is 12.7. The first-order valence-electron chi connectivity index (χ1n) is 42.0. The molecule has 9 aliphatic heterocycles. The van der Waals surface area contributed by atoms with Crippen LogP contribution in [-0.2, 0) is 33.5 Å². The van der Waals surface area contributed by atoms with E-state index in [4.69, 9.17) is 38.7 Å². The summed E-state index contributed by atoms with van der Waals surface area (Å²) < 4.78 is 54.9. The number of piperidine rings is 3. The SMILES string of the molecule is CN1CCN(c2ccc(C3=Nc4c(ncnc4-c4ccc(OC5CCN(C(=O)OC(C)(C)C)CC5)c(C#N)c4)C3)cc2)CC1.CN1CCN(c2ccc(C3=Nc4c(ncnc4-c4ccc(OC5CCNCC5)c(C#N)c4)C3)cc2)CC1.N#Cc1cc(-c2ncnc3c2N=C(c2ccc(N4CCOCC4)cc2)C3)ccc1OC1CCN(C(=O)C(F)F)CC1. The molecule has 12 heterocycles. The van der Waals surface area contributed by atoms with Crippen LogP contribution in [0, 0.1) is 34.0 Å². The van der Waals surface area contributed by atoms with Crippen LogP contribution >= 0.6 is 0 Å². The van der Waals surface area contributed by atoms with Gasteiger partial charge in [-0.25, -0.2) is 49.7 Å². The number of nitriles is 3. The van der Waals surface area contributed by atoms with Crippen molar-refractivity contribution in [1.29, 1.82) is 15.8 Å². The fraction of sp³-hybridized carbons (Fsp3) is 0.398. The van der Waals surface area contributed by atoms with E-state index >= 15 is 0 Å². The van der Waals surface area contributed by atoms with Crippen molar-refractivity contribution >= 4 is 63.3 Å². The zero-order valence-corrected chi connectivity index (χ0v) is 69.4. The number of alkyl halides is 2. The lowest BCUT2D eigenvalue weighted by Crippen LogP contribution is -2.44. The van der Waals surface area contributed by atoms with Crippen LogP contribution in [0.1, 0.15) is 110 Å². The molecule has 0 bridgehead atoms. The number of morpholine rings is 1. The van der Waals surface area contributed by atoms with Crippen LogP contribution in [-0.4, -0.2) is 241 Å². The first-order valence-corrected chi connectivity index (χ1v) is 42.0. The van der Waals surface area contributed by atoms with Gasteiger partial charge in [-0.1, -0.05) is 36.4 Å². The number of nitrogens with one attached hydrogen (secondary N) is 1. The molecule has 3 aromatic heterocycles. The molecule has 9 aliphatic rings. The third-order valence-electron chi connectivity index (χ3n) is 23.5. The van der Waals surface area contributed by atoms with Crippen LogP contribution in [0.5, 0.6) is 17.2 Å². The van der Waals surface area contributed by atoms with Gasteiger partial charge in [0.1, 0.15) is 95.4 Å². The molecular weight excluding hydrogens is 1550 g/mol. The quantitative estimate of drug-likeness (QED) is 0.0939. The smallest absolute Gasteiger partial charge is 0.410 e. The Bertz CT molecular complexity index is 5530. The zero-order chi connectivity index (χ0) is 84.4. The predicted molar refractivity (Wildman–Crippen MR) is 462 cm³/mol. The highest BCUT2D eigenvalue weighted by molar-refractivity contribution is 6.09. The summed E-state index contributed by atoms with van der Waals surface area (Å²) in [5.41, 5.74) is 19.8. The summed E-state index contributed by atoms with van der Waals surface area (Å²) in [6.45, 7) is 20.6. The molecule has 1 N–H and O–H groups in total. The number of piperazine rings is 2. The normalized spacial score (nSPS) is 17.7. The second kappa shape index (κ2) is 37.5. The van der Waals surface area contributed by atoms with Crippen molar-refractivity contribution in [2.24, 2.45) is 15.0 Å². The second-order valence-corrected chi connectivity index (χ2v) is 32.8. The topological polar surface area (TPSA) is 301 Å². The van der Waals surface area contributed by atoms with Crippen molar-refractivity contribution in [2.45, 2.75) is 109 Å². The standard InChI is InChI=1S/C34H39N7O3.C30H28F2N6O3.C29H31N7O/c1-34(2,3)44-33(42)41-13-11-27(12-14-41)43-30-10-7-24(19-25(30)21-35)31-32-29(36-22-37-31)20-28(38-32)23-5-8-26(9-6-23)40-17-15-39(4)16-18-40;31-29(32)30(39)38-9-7-23(8-10-38)41-26-6-3-20(15-21(26)17-33)27-28-25(34-18-35-27)16-24(36-28)19-1-4-22(5-2-19)37-11-13-40-14-12-37;1-35-12-14-36(15-13-35)23-5-2-20(3-6-23)25-17-26-29(34-25)28(33-19-32-26)21-4-7-27(22(16-21)18-30)37-24-8-10-31-11-9-24/h5-10,19,22,27H,11-18,20H2,1-4H3;1-6,15,18,23,29H,7-14,16H2;2-7,16,19,24,31H,8-15,17H2,1H3. The number of benzene rings is 6. The fourth-order valence-electron chi connectivity index (χ4n) is 16.5. The van der Waals surface area contributed by atoms with E-state index in [0.717, 1.165) is 200 Å². The van der Waals surface area contributed by atoms with Crippen molar-refractivity contribution in [2.75, 3.05) is 147 Å². The van der Waals surface area contributed by atoms with Crippen LogP contribution in [0.15, 0.2) is 161 Å². The summed E-state index contributed by atoms with van der Waals surface area (Å²) in [5.74, 6) is 0.416. The Morgan fingerprint density at radius 2 is 0.762 bits per heavy atom. The Balaban J connectivity index is 0.000000136. The molecule has 2 amide bonds. The van der Waals surface area contributed by atoms with Crippen molar-refractivity contribution in [3.63, 3.8) is 0 Å². The van der Waals surface area contributed by atoms with Gasteiger partial charge in [0, 0.05) is 170 Å². The largest absolute Gasteiger partial charge is 0.489 e. The highest BCUT2D eigenvalue weighted by Crippen LogP contribution is 2.42. The molecule has 9 aromatic rings. The van der Waals surface area contributed by atoms with Crippen LogP contribution in [0.4, 0.5) is 47.7 Å². The summed E-state index contributed by atoms with van der Waals surface area (Å²) in [5, 5.41) is 33.0. The number of anilines is 3. The summed E-state index contributed by atoms with van der Waals surface area (Å²) >= 11 is 0. The molecule has 0 aliphatic carbocycles. The second-order valence-electron chi connectivity index (χ2n) is 32.8. The van der Waals surface area contributed by atoms with Gasteiger partial charge in [-0.2, -0.15) is 24.6 Å². The van der Waals surface area contributed by atoms with E-state index in [0.29, 0.717) is 109 Å². The maximum absolute atomic E-state index is 12.7. The molecule has 6 fully saturated rings. The average Bonchev–Trinajstić information content (AvgIpc) is 1.65. The number of likely N-dealkylation sites (tertiary alicyclic amines) is 2. The number of fused-ring (bicyclic) bond motifs is 3. The number of amides is 2. The van der Waals surface area contributed by atoms with Crippen molar-refractivity contribution in [1.82, 2.24) is 54.8 Å². The molecule has 0 radical (unpaired) electrons. The number of aliphatic imine (C=N–C) groups is 3. The molecule has 0 saturated carbocycles. The average molecular weight is 1650 g/mol. The first-order chi connectivity index (χ1) is 59.3. The number of hydrogen-bond acceptors (Lipinski definition) is 25. The third kappa shape index (κ3) is 19.5. The number of hydrogen-bond donors (Lipinski definition) is 1.